The molecule has 15 heavy (non-hydrogen) atoms. The third-order valence-corrected chi connectivity index (χ3v) is 5.65. The van der Waals surface area contributed by atoms with Gasteiger partial charge in [0, 0.05) is 20.2 Å². The van der Waals surface area contributed by atoms with Crippen molar-refractivity contribution in [2.45, 2.75) is 41.4 Å². The largest absolute Gasteiger partial charge is 0.324 e. The van der Waals surface area contributed by atoms with Crippen LogP contribution in [0.2, 0.25) is 0 Å². The zero-order valence-corrected chi connectivity index (χ0v) is 10.9. The highest BCUT2D eigenvalue weighted by molar-refractivity contribution is 9.10. The van der Waals surface area contributed by atoms with Crippen molar-refractivity contribution in [2.24, 2.45) is 5.73 Å². The summed E-state index contributed by atoms with van der Waals surface area (Å²) in [5.74, 6) is 0. The van der Waals surface area contributed by atoms with Crippen LogP contribution in [0.15, 0.2) is 27.6 Å². The molecule has 1 saturated carbocycles. The topological polar surface area (TPSA) is 26.0 Å². The van der Waals surface area contributed by atoms with E-state index in [-0.39, 0.29) is 6.04 Å². The Morgan fingerprint density at radius 1 is 1.40 bits per heavy atom. The molecule has 0 aromatic heterocycles. The van der Waals surface area contributed by atoms with Crippen molar-refractivity contribution in [3.8, 4) is 0 Å². The molecule has 1 aromatic rings. The van der Waals surface area contributed by atoms with Crippen molar-refractivity contribution in [3.05, 3.63) is 28.2 Å². The molecule has 2 aliphatic rings. The van der Waals surface area contributed by atoms with Gasteiger partial charge in [-0.1, -0.05) is 22.4 Å². The Hall–Kier alpha value is 0.01000. The van der Waals surface area contributed by atoms with E-state index in [1.807, 2.05) is 0 Å². The van der Waals surface area contributed by atoms with Crippen molar-refractivity contribution in [1.29, 1.82) is 0 Å². The molecule has 1 atom stereocenters. The molecule has 0 bridgehead atoms. The summed E-state index contributed by atoms with van der Waals surface area (Å²) < 4.78 is 1.63. The van der Waals surface area contributed by atoms with Crippen molar-refractivity contribution in [2.75, 3.05) is 0 Å². The molecule has 3 heteroatoms. The second-order valence-electron chi connectivity index (χ2n) is 4.63. The number of hydrogen-bond donors (Lipinski definition) is 1. The fourth-order valence-electron chi connectivity index (χ4n) is 2.56. The average molecular weight is 284 g/mol. The minimum absolute atomic E-state index is 0.235. The second kappa shape index (κ2) is 3.51. The Balaban J connectivity index is 2.01. The van der Waals surface area contributed by atoms with Crippen LogP contribution >= 0.6 is 27.7 Å². The Morgan fingerprint density at radius 2 is 2.20 bits per heavy atom. The van der Waals surface area contributed by atoms with Crippen LogP contribution in [-0.2, 0) is 0 Å². The van der Waals surface area contributed by atoms with Crippen LogP contribution in [0.1, 0.15) is 37.3 Å². The van der Waals surface area contributed by atoms with Gasteiger partial charge in [-0.2, -0.15) is 0 Å². The number of thioether (sulfide) groups is 1. The van der Waals surface area contributed by atoms with Gasteiger partial charge in [0.1, 0.15) is 0 Å². The molecule has 1 spiro atoms. The first-order valence-electron chi connectivity index (χ1n) is 5.43. The molecule has 1 heterocycles. The standard InChI is InChI=1S/C12H14BrNS/c13-8-2-3-11-9(6-8)10(14)7-12(15-11)4-1-5-12/h2-3,6,10H,1,4-5,7,14H2/t10-/m0/s1. The first-order chi connectivity index (χ1) is 7.19. The van der Waals surface area contributed by atoms with Gasteiger partial charge in [-0.05, 0) is 43.0 Å². The summed E-state index contributed by atoms with van der Waals surface area (Å²) in [5, 5.41) is 0. The van der Waals surface area contributed by atoms with Crippen LogP contribution in [0.4, 0.5) is 0 Å². The van der Waals surface area contributed by atoms with Crippen molar-refractivity contribution >= 4 is 27.7 Å². The lowest BCUT2D eigenvalue weighted by atomic mass is 9.78. The molecule has 1 aromatic carbocycles. The van der Waals surface area contributed by atoms with Gasteiger partial charge in [-0.3, -0.25) is 0 Å². The maximum Gasteiger partial charge on any atom is 0.0319 e. The lowest BCUT2D eigenvalue weighted by molar-refractivity contribution is 0.314. The summed E-state index contributed by atoms with van der Waals surface area (Å²) >= 11 is 5.57. The molecule has 1 aliphatic carbocycles. The summed E-state index contributed by atoms with van der Waals surface area (Å²) in [6.45, 7) is 0. The molecule has 2 N–H and O–H groups in total. The Bertz CT molecular complexity index is 401. The van der Waals surface area contributed by atoms with Gasteiger partial charge in [-0.15, -0.1) is 11.8 Å². The number of halogens is 1. The van der Waals surface area contributed by atoms with E-state index in [1.54, 1.807) is 0 Å². The second-order valence-corrected chi connectivity index (χ2v) is 7.06. The van der Waals surface area contributed by atoms with E-state index in [0.717, 1.165) is 10.9 Å². The zero-order valence-electron chi connectivity index (χ0n) is 8.50. The highest BCUT2D eigenvalue weighted by Crippen LogP contribution is 2.56. The van der Waals surface area contributed by atoms with E-state index in [2.05, 4.69) is 45.9 Å². The molecule has 1 aliphatic heterocycles. The summed E-state index contributed by atoms with van der Waals surface area (Å²) in [7, 11) is 0. The van der Waals surface area contributed by atoms with Gasteiger partial charge in [0.2, 0.25) is 0 Å². The normalized spacial score (nSPS) is 27.2. The van der Waals surface area contributed by atoms with Gasteiger partial charge >= 0.3 is 0 Å². The summed E-state index contributed by atoms with van der Waals surface area (Å²) in [4.78, 5) is 1.40. The molecule has 0 unspecified atom stereocenters. The minimum Gasteiger partial charge on any atom is -0.324 e. The van der Waals surface area contributed by atoms with Crippen LogP contribution in [0.3, 0.4) is 0 Å². The van der Waals surface area contributed by atoms with E-state index in [4.69, 9.17) is 5.73 Å². The molecule has 0 radical (unpaired) electrons. The molecule has 1 nitrogen and oxygen atoms in total. The summed E-state index contributed by atoms with van der Waals surface area (Å²) in [6.07, 6.45) is 5.23. The summed E-state index contributed by atoms with van der Waals surface area (Å²) in [6, 6.07) is 6.75. The number of hydrogen-bond acceptors (Lipinski definition) is 2. The lowest BCUT2D eigenvalue weighted by Gasteiger charge is -2.46. The maximum absolute atomic E-state index is 6.27. The van der Waals surface area contributed by atoms with Crippen LogP contribution in [0, 0.1) is 0 Å². The molecular weight excluding hydrogens is 270 g/mol. The van der Waals surface area contributed by atoms with E-state index in [0.29, 0.717) is 4.75 Å². The number of benzene rings is 1. The summed E-state index contributed by atoms with van der Waals surface area (Å²) in [5.41, 5.74) is 7.59. The van der Waals surface area contributed by atoms with Crippen LogP contribution < -0.4 is 5.73 Å². The minimum atomic E-state index is 0.235. The van der Waals surface area contributed by atoms with Gasteiger partial charge in [-0.25, -0.2) is 0 Å². The lowest BCUT2D eigenvalue weighted by Crippen LogP contribution is -2.39. The molecule has 3 rings (SSSR count). The molecular formula is C12H14BrNS. The molecule has 0 amide bonds. The Kier molecular flexibility index (Phi) is 2.38. The van der Waals surface area contributed by atoms with E-state index < -0.39 is 0 Å². The quantitative estimate of drug-likeness (QED) is 0.782. The van der Waals surface area contributed by atoms with Gasteiger partial charge in [0.15, 0.2) is 0 Å². The van der Waals surface area contributed by atoms with E-state index in [9.17, 15) is 0 Å². The third-order valence-electron chi connectivity index (χ3n) is 3.55. The Labute approximate surface area is 103 Å². The van der Waals surface area contributed by atoms with Crippen molar-refractivity contribution < 1.29 is 0 Å². The highest BCUT2D eigenvalue weighted by Gasteiger charge is 2.43. The predicted octanol–water partition coefficient (Wildman–Crippen LogP) is 3.87. The molecule has 1 fully saturated rings. The van der Waals surface area contributed by atoms with Gasteiger partial charge in [0.25, 0.3) is 0 Å². The molecule has 0 saturated heterocycles. The number of rotatable bonds is 0. The highest BCUT2D eigenvalue weighted by atomic mass is 79.9. The first-order valence-corrected chi connectivity index (χ1v) is 7.04. The average Bonchev–Trinajstić information content (AvgIpc) is 2.16. The van der Waals surface area contributed by atoms with Gasteiger partial charge < -0.3 is 5.73 Å². The zero-order chi connectivity index (χ0) is 10.5. The third kappa shape index (κ3) is 1.65. The maximum atomic E-state index is 6.27. The number of nitrogens with two attached hydrogens (primary N) is 1. The SMILES string of the molecule is N[C@H]1CC2(CCC2)Sc2ccc(Br)cc21. The van der Waals surface area contributed by atoms with Crippen LogP contribution in [0.5, 0.6) is 0 Å². The van der Waals surface area contributed by atoms with E-state index in [1.165, 1.54) is 29.7 Å². The smallest absolute Gasteiger partial charge is 0.0319 e. The fraction of sp³-hybridized carbons (Fsp3) is 0.500. The van der Waals surface area contributed by atoms with Crippen LogP contribution in [-0.4, -0.2) is 4.75 Å². The number of fused-ring (bicyclic) bond motifs is 1. The predicted molar refractivity (Wildman–Crippen MR) is 68.1 cm³/mol. The monoisotopic (exact) mass is 283 g/mol. The van der Waals surface area contributed by atoms with Gasteiger partial charge in [0.05, 0.1) is 0 Å². The van der Waals surface area contributed by atoms with Crippen LogP contribution in [0.25, 0.3) is 0 Å². The fourth-order valence-corrected chi connectivity index (χ4v) is 4.63. The van der Waals surface area contributed by atoms with Crippen molar-refractivity contribution in [1.82, 2.24) is 0 Å². The van der Waals surface area contributed by atoms with Crippen molar-refractivity contribution in [3.63, 3.8) is 0 Å². The Morgan fingerprint density at radius 3 is 2.87 bits per heavy atom. The molecule has 80 valence electrons. The first kappa shape index (κ1) is 10.2. The van der Waals surface area contributed by atoms with E-state index >= 15 is 0 Å².